The highest BCUT2D eigenvalue weighted by molar-refractivity contribution is 6.33. The number of aromatic nitrogens is 2. The second-order valence-corrected chi connectivity index (χ2v) is 10.3. The van der Waals surface area contributed by atoms with Gasteiger partial charge < -0.3 is 10.2 Å². The molecule has 1 saturated heterocycles. The predicted molar refractivity (Wildman–Crippen MR) is 153 cm³/mol. The van der Waals surface area contributed by atoms with Gasteiger partial charge in [-0.2, -0.15) is 10.4 Å². The summed E-state index contributed by atoms with van der Waals surface area (Å²) in [4.78, 5) is 51.9. The number of likely N-dealkylation sites (tertiary alicyclic amines) is 1. The molecule has 13 heteroatoms. The van der Waals surface area contributed by atoms with Gasteiger partial charge >= 0.3 is 0 Å². The Morgan fingerprint density at radius 1 is 1.09 bits per heavy atom. The Morgan fingerprint density at radius 2 is 1.86 bits per heavy atom. The molecule has 0 bridgehead atoms. The number of nitrogens with one attached hydrogen (secondary N) is 2. The normalized spacial score (nSPS) is 16.1. The summed E-state index contributed by atoms with van der Waals surface area (Å²) < 4.78 is 31.6. The third-order valence-electron chi connectivity index (χ3n) is 7.09. The standard InChI is InChI=1S/C30H23ClF2N6O4/c1-16(40)28-20-5-2-3-8-24(20)39(37-28)14-26(41)38-13-18(32)12-25(38)30(43)36-23-7-4-6-19(27(23)33)21-11-17(9-10-22(21)31)29(42)35-15-34/h2-11,18,25H,12-14H2,1H3,(H,35,42)(H,36,43)/t18-,25+/m1/s1. The van der Waals surface area contributed by atoms with E-state index in [4.69, 9.17) is 16.9 Å². The fourth-order valence-corrected chi connectivity index (χ4v) is 5.30. The summed E-state index contributed by atoms with van der Waals surface area (Å²) in [7, 11) is 0. The lowest BCUT2D eigenvalue weighted by molar-refractivity contribution is -0.137. The van der Waals surface area contributed by atoms with Crippen LogP contribution in [0.15, 0.2) is 60.7 Å². The maximum atomic E-state index is 15.7. The number of Topliss-reactive ketones (excluding diaryl/α,β-unsaturated/α-hetero) is 1. The second-order valence-electron chi connectivity index (χ2n) is 9.89. The molecule has 5 rings (SSSR count). The van der Waals surface area contributed by atoms with Crippen LogP contribution in [0.4, 0.5) is 14.5 Å². The first-order valence-corrected chi connectivity index (χ1v) is 13.5. The molecule has 1 aliphatic heterocycles. The predicted octanol–water partition coefficient (Wildman–Crippen LogP) is 4.49. The summed E-state index contributed by atoms with van der Waals surface area (Å²) in [6.07, 6.45) is -0.257. The molecule has 1 fully saturated rings. The Labute approximate surface area is 248 Å². The molecule has 1 aliphatic rings. The minimum atomic E-state index is -1.49. The van der Waals surface area contributed by atoms with E-state index in [9.17, 15) is 23.6 Å². The lowest BCUT2D eigenvalue weighted by Gasteiger charge is -2.24. The van der Waals surface area contributed by atoms with Crippen LogP contribution in [0.3, 0.4) is 0 Å². The molecule has 0 radical (unpaired) electrons. The number of fused-ring (bicyclic) bond motifs is 1. The molecule has 2 heterocycles. The van der Waals surface area contributed by atoms with E-state index in [-0.39, 0.29) is 58.4 Å². The molecule has 0 unspecified atom stereocenters. The van der Waals surface area contributed by atoms with Crippen LogP contribution in [0, 0.1) is 17.3 Å². The van der Waals surface area contributed by atoms with Gasteiger partial charge in [-0.1, -0.05) is 41.9 Å². The zero-order valence-corrected chi connectivity index (χ0v) is 23.4. The Morgan fingerprint density at radius 3 is 2.60 bits per heavy atom. The van der Waals surface area contributed by atoms with Crippen LogP contribution in [0.1, 0.15) is 34.2 Å². The lowest BCUT2D eigenvalue weighted by atomic mass is 10.0. The van der Waals surface area contributed by atoms with E-state index >= 15 is 4.39 Å². The maximum Gasteiger partial charge on any atom is 0.264 e. The first kappa shape index (κ1) is 29.3. The van der Waals surface area contributed by atoms with E-state index in [1.54, 1.807) is 24.3 Å². The molecule has 3 aromatic carbocycles. The minimum absolute atomic E-state index is 0.0380. The summed E-state index contributed by atoms with van der Waals surface area (Å²) in [5.74, 6) is -3.27. The van der Waals surface area contributed by atoms with Crippen molar-refractivity contribution in [3.63, 3.8) is 0 Å². The quantitative estimate of drug-likeness (QED) is 0.181. The smallest absolute Gasteiger partial charge is 0.264 e. The fourth-order valence-electron chi connectivity index (χ4n) is 5.08. The lowest BCUT2D eigenvalue weighted by Crippen LogP contribution is -2.44. The van der Waals surface area contributed by atoms with Gasteiger partial charge in [0.2, 0.25) is 11.8 Å². The summed E-state index contributed by atoms with van der Waals surface area (Å²) in [6, 6.07) is 13.8. The Balaban J connectivity index is 1.38. The Kier molecular flexibility index (Phi) is 8.18. The van der Waals surface area contributed by atoms with E-state index in [1.165, 1.54) is 54.2 Å². The summed E-state index contributed by atoms with van der Waals surface area (Å²) in [6.45, 7) is 0.674. The molecule has 0 saturated carbocycles. The van der Waals surface area contributed by atoms with Gasteiger partial charge in [-0.25, -0.2) is 8.78 Å². The molecule has 3 amide bonds. The van der Waals surface area contributed by atoms with Crippen LogP contribution >= 0.6 is 11.6 Å². The molecule has 2 N–H and O–H groups in total. The number of amides is 3. The Bertz CT molecular complexity index is 1840. The van der Waals surface area contributed by atoms with E-state index in [2.05, 4.69) is 10.4 Å². The van der Waals surface area contributed by atoms with Crippen molar-refractivity contribution in [2.75, 3.05) is 11.9 Å². The zero-order valence-electron chi connectivity index (χ0n) is 22.6. The first-order valence-electron chi connectivity index (χ1n) is 13.1. The molecular formula is C30H23ClF2N6O4. The minimum Gasteiger partial charge on any atom is -0.326 e. The van der Waals surface area contributed by atoms with Crippen LogP contribution in [0.2, 0.25) is 5.02 Å². The summed E-state index contributed by atoms with van der Waals surface area (Å²) in [5.41, 5.74) is 0.634. The van der Waals surface area contributed by atoms with Crippen LogP contribution in [0.5, 0.6) is 0 Å². The summed E-state index contributed by atoms with van der Waals surface area (Å²) in [5, 5.41) is 18.1. The summed E-state index contributed by atoms with van der Waals surface area (Å²) >= 11 is 6.28. The zero-order chi connectivity index (χ0) is 30.8. The van der Waals surface area contributed by atoms with Crippen molar-refractivity contribution in [1.82, 2.24) is 20.0 Å². The largest absolute Gasteiger partial charge is 0.326 e. The number of carbonyl (C=O) groups is 4. The number of ketones is 1. The Hall–Kier alpha value is -5.15. The van der Waals surface area contributed by atoms with Crippen molar-refractivity contribution in [3.05, 3.63) is 82.8 Å². The number of nitriles is 1. The van der Waals surface area contributed by atoms with Crippen molar-refractivity contribution in [1.29, 1.82) is 5.26 Å². The van der Waals surface area contributed by atoms with Gasteiger partial charge in [0, 0.05) is 40.4 Å². The number of carbonyl (C=O) groups excluding carboxylic acids is 4. The van der Waals surface area contributed by atoms with Gasteiger partial charge in [-0.3, -0.25) is 29.2 Å². The van der Waals surface area contributed by atoms with Gasteiger partial charge in [0.1, 0.15) is 24.5 Å². The topological polar surface area (TPSA) is 137 Å². The van der Waals surface area contributed by atoms with Crippen LogP contribution in [-0.4, -0.2) is 56.9 Å². The number of benzene rings is 3. The van der Waals surface area contributed by atoms with Gasteiger partial charge in [0.15, 0.2) is 17.8 Å². The average Bonchev–Trinajstić information content (AvgIpc) is 3.56. The third-order valence-corrected chi connectivity index (χ3v) is 7.42. The van der Waals surface area contributed by atoms with E-state index in [0.717, 1.165) is 4.90 Å². The highest BCUT2D eigenvalue weighted by Gasteiger charge is 2.40. The number of para-hydroxylation sites is 1. The number of alkyl halides is 1. The molecular weight excluding hydrogens is 582 g/mol. The van der Waals surface area contributed by atoms with Gasteiger partial charge in [0.25, 0.3) is 5.91 Å². The van der Waals surface area contributed by atoms with Crippen molar-refractivity contribution in [2.24, 2.45) is 0 Å². The molecule has 4 aromatic rings. The molecule has 218 valence electrons. The number of hydrogen-bond donors (Lipinski definition) is 2. The molecule has 0 aliphatic carbocycles. The maximum absolute atomic E-state index is 15.7. The highest BCUT2D eigenvalue weighted by atomic mass is 35.5. The van der Waals surface area contributed by atoms with Gasteiger partial charge in [-0.05, 0) is 30.3 Å². The molecule has 0 spiro atoms. The van der Waals surface area contributed by atoms with E-state index in [1.807, 2.05) is 5.32 Å². The SMILES string of the molecule is CC(=O)c1nn(CC(=O)N2C[C@H](F)C[C@H]2C(=O)Nc2cccc(-c3cc(C(=O)NC#N)ccc3Cl)c2F)c2ccccc12. The number of rotatable bonds is 7. The number of halogens is 3. The van der Waals surface area contributed by atoms with Gasteiger partial charge in [0.05, 0.1) is 17.7 Å². The monoisotopic (exact) mass is 604 g/mol. The molecule has 10 nitrogen and oxygen atoms in total. The number of anilines is 1. The fraction of sp³-hybridized carbons (Fsp3) is 0.200. The van der Waals surface area contributed by atoms with Crippen LogP contribution < -0.4 is 10.6 Å². The third kappa shape index (κ3) is 5.80. The number of nitrogens with zero attached hydrogens (tertiary/aromatic N) is 4. The van der Waals surface area contributed by atoms with E-state index < -0.39 is 35.8 Å². The van der Waals surface area contributed by atoms with Crippen molar-refractivity contribution < 1.29 is 28.0 Å². The molecule has 2 atom stereocenters. The first-order chi connectivity index (χ1) is 20.6. The van der Waals surface area contributed by atoms with Gasteiger partial charge in [-0.15, -0.1) is 0 Å². The van der Waals surface area contributed by atoms with Crippen molar-refractivity contribution in [2.45, 2.75) is 32.1 Å². The average molecular weight is 605 g/mol. The molecule has 1 aromatic heterocycles. The van der Waals surface area contributed by atoms with E-state index in [0.29, 0.717) is 10.9 Å². The van der Waals surface area contributed by atoms with Crippen LogP contribution in [0.25, 0.3) is 22.0 Å². The second kappa shape index (κ2) is 12.0. The van der Waals surface area contributed by atoms with Crippen molar-refractivity contribution >= 4 is 51.7 Å². The van der Waals surface area contributed by atoms with Crippen molar-refractivity contribution in [3.8, 4) is 17.3 Å². The highest BCUT2D eigenvalue weighted by Crippen LogP contribution is 2.34. The molecule has 43 heavy (non-hydrogen) atoms. The number of hydrogen-bond acceptors (Lipinski definition) is 6. The van der Waals surface area contributed by atoms with Crippen LogP contribution in [-0.2, 0) is 16.1 Å².